The van der Waals surface area contributed by atoms with Gasteiger partial charge in [-0.1, -0.05) is 41.8 Å². The summed E-state index contributed by atoms with van der Waals surface area (Å²) in [4.78, 5) is 18.2. The third-order valence-corrected chi connectivity index (χ3v) is 14.0. The van der Waals surface area contributed by atoms with Crippen LogP contribution >= 0.6 is 11.3 Å². The van der Waals surface area contributed by atoms with E-state index in [1.807, 2.05) is 46.8 Å². The molecule has 3 saturated heterocycles. The molecule has 2 aromatic carbocycles. The minimum absolute atomic E-state index is 0.145. The number of rotatable bonds is 9. The standard InChI is InChI=1S/C39H48N2O5S2/c1-24-10-16-31(17-11-24)48(43,44)41-36(28-20-25(2)19-26(3)21-28)35(27(4)23-46-34-9-7-8-18-45-34)32-22-33(47-37(32)41)39(5,6)38(42)40-29-12-13-30(40)15-14-29/h10-11,16-17,19-22,27,29-30,34H,7-9,12-15,18,23H2,1-6H3. The van der Waals surface area contributed by atoms with Gasteiger partial charge in [0.25, 0.3) is 10.0 Å². The fourth-order valence-corrected chi connectivity index (χ4v) is 11.2. The Kier molecular flexibility index (Phi) is 8.88. The Morgan fingerprint density at radius 3 is 2.19 bits per heavy atom. The second-order valence-corrected chi connectivity index (χ2v) is 17.7. The van der Waals surface area contributed by atoms with Crippen LogP contribution in [0.3, 0.4) is 0 Å². The van der Waals surface area contributed by atoms with E-state index in [0.717, 1.165) is 83.0 Å². The number of aromatic nitrogens is 1. The van der Waals surface area contributed by atoms with Gasteiger partial charge in [-0.25, -0.2) is 12.4 Å². The summed E-state index contributed by atoms with van der Waals surface area (Å²) in [5.74, 6) is -0.00902. The summed E-state index contributed by atoms with van der Waals surface area (Å²) in [5.41, 5.74) is 4.75. The molecule has 2 bridgehead atoms. The quantitative estimate of drug-likeness (QED) is 0.176. The third-order valence-electron chi connectivity index (χ3n) is 10.7. The summed E-state index contributed by atoms with van der Waals surface area (Å²) < 4.78 is 43.6. The number of nitrogens with zero attached hydrogens (tertiary/aromatic N) is 2. The predicted octanol–water partition coefficient (Wildman–Crippen LogP) is 8.61. The number of carbonyl (C=O) groups is 1. The lowest BCUT2D eigenvalue weighted by atomic mass is 9.88. The number of amides is 1. The van der Waals surface area contributed by atoms with Gasteiger partial charge in [-0.15, -0.1) is 11.3 Å². The Bertz CT molecular complexity index is 1910. The van der Waals surface area contributed by atoms with Crippen LogP contribution in [0.25, 0.3) is 21.5 Å². The lowest BCUT2D eigenvalue weighted by Crippen LogP contribution is -2.45. The van der Waals surface area contributed by atoms with E-state index < -0.39 is 15.4 Å². The van der Waals surface area contributed by atoms with Crippen molar-refractivity contribution in [1.82, 2.24) is 8.87 Å². The first kappa shape index (κ1) is 33.5. The van der Waals surface area contributed by atoms with Gasteiger partial charge in [0, 0.05) is 40.4 Å². The zero-order chi connectivity index (χ0) is 34.0. The highest BCUT2D eigenvalue weighted by Crippen LogP contribution is 2.48. The van der Waals surface area contributed by atoms with Crippen molar-refractivity contribution in [3.8, 4) is 11.3 Å². The van der Waals surface area contributed by atoms with Gasteiger partial charge in [0.2, 0.25) is 5.91 Å². The Labute approximate surface area is 289 Å². The molecule has 0 radical (unpaired) electrons. The first-order valence-corrected chi connectivity index (χ1v) is 19.8. The largest absolute Gasteiger partial charge is 0.353 e. The SMILES string of the molecule is Cc1ccc(S(=O)(=O)n2c(-c3cc(C)cc(C)c3)c(C(C)COC3CCCCO3)c3cc(C(C)(C)C(=O)N4C5CCC4CC5)sc32)cc1. The zero-order valence-electron chi connectivity index (χ0n) is 29.0. The van der Waals surface area contributed by atoms with E-state index >= 15 is 0 Å². The molecule has 3 fully saturated rings. The van der Waals surface area contributed by atoms with Crippen LogP contribution in [0.15, 0.2) is 53.4 Å². The van der Waals surface area contributed by atoms with E-state index in [9.17, 15) is 13.2 Å². The number of hydrogen-bond acceptors (Lipinski definition) is 6. The van der Waals surface area contributed by atoms with Crippen LogP contribution in [0, 0.1) is 20.8 Å². The molecule has 1 amide bonds. The van der Waals surface area contributed by atoms with Gasteiger partial charge in [-0.2, -0.15) is 0 Å². The molecule has 256 valence electrons. The molecule has 48 heavy (non-hydrogen) atoms. The van der Waals surface area contributed by atoms with Crippen molar-refractivity contribution in [3.63, 3.8) is 0 Å². The fourth-order valence-electron chi connectivity index (χ4n) is 8.15. The highest BCUT2D eigenvalue weighted by Gasteiger charge is 2.48. The van der Waals surface area contributed by atoms with Gasteiger partial charge in [0.15, 0.2) is 6.29 Å². The van der Waals surface area contributed by atoms with Crippen LogP contribution in [0.4, 0.5) is 0 Å². The van der Waals surface area contributed by atoms with E-state index in [0.29, 0.717) is 35.8 Å². The van der Waals surface area contributed by atoms with E-state index in [-0.39, 0.29) is 23.0 Å². The van der Waals surface area contributed by atoms with Crippen LogP contribution in [0.2, 0.25) is 0 Å². The van der Waals surface area contributed by atoms with Crippen molar-refractivity contribution < 1.29 is 22.7 Å². The second-order valence-electron chi connectivity index (χ2n) is 14.9. The van der Waals surface area contributed by atoms with E-state index in [2.05, 4.69) is 36.1 Å². The average Bonchev–Trinajstić information content (AvgIpc) is 3.83. The minimum atomic E-state index is -4.04. The zero-order valence-corrected chi connectivity index (χ0v) is 30.7. The van der Waals surface area contributed by atoms with Gasteiger partial charge in [-0.3, -0.25) is 4.79 Å². The molecular formula is C39H48N2O5S2. The number of benzene rings is 2. The number of aryl methyl sites for hydroxylation is 3. The molecule has 5 heterocycles. The minimum Gasteiger partial charge on any atom is -0.353 e. The molecule has 3 aliphatic heterocycles. The Morgan fingerprint density at radius 2 is 1.58 bits per heavy atom. The van der Waals surface area contributed by atoms with Crippen LogP contribution in [-0.4, -0.2) is 54.8 Å². The molecule has 2 atom stereocenters. The van der Waals surface area contributed by atoms with E-state index in [1.165, 1.54) is 11.3 Å². The van der Waals surface area contributed by atoms with Gasteiger partial charge >= 0.3 is 0 Å². The molecule has 2 aromatic heterocycles. The highest BCUT2D eigenvalue weighted by molar-refractivity contribution is 7.90. The second kappa shape index (κ2) is 12.7. The van der Waals surface area contributed by atoms with Crippen LogP contribution in [0.1, 0.15) is 98.8 Å². The van der Waals surface area contributed by atoms with Crippen LogP contribution in [-0.2, 0) is 29.7 Å². The smallest absolute Gasteiger partial charge is 0.269 e. The molecule has 7 rings (SSSR count). The number of carbonyl (C=O) groups excluding carboxylic acids is 1. The number of fused-ring (bicyclic) bond motifs is 3. The highest BCUT2D eigenvalue weighted by atomic mass is 32.2. The first-order chi connectivity index (χ1) is 22.9. The van der Waals surface area contributed by atoms with Crippen molar-refractivity contribution >= 4 is 37.5 Å². The summed E-state index contributed by atoms with van der Waals surface area (Å²) in [5, 5.41) is 0.866. The van der Waals surface area contributed by atoms with Crippen molar-refractivity contribution in [3.05, 3.63) is 75.7 Å². The Balaban J connectivity index is 1.44. The topological polar surface area (TPSA) is 77.8 Å². The molecule has 3 aliphatic rings. The first-order valence-electron chi connectivity index (χ1n) is 17.5. The maximum Gasteiger partial charge on any atom is 0.269 e. The summed E-state index contributed by atoms with van der Waals surface area (Å²) in [6.45, 7) is 13.3. The molecule has 7 nitrogen and oxygen atoms in total. The third kappa shape index (κ3) is 5.84. The van der Waals surface area contributed by atoms with E-state index in [4.69, 9.17) is 9.47 Å². The van der Waals surface area contributed by atoms with Crippen molar-refractivity contribution in [2.75, 3.05) is 13.2 Å². The van der Waals surface area contributed by atoms with Gasteiger partial charge in [0.1, 0.15) is 4.83 Å². The lowest BCUT2D eigenvalue weighted by molar-refractivity contribution is -0.164. The predicted molar refractivity (Wildman–Crippen MR) is 192 cm³/mol. The van der Waals surface area contributed by atoms with Crippen molar-refractivity contribution in [2.24, 2.45) is 0 Å². The average molecular weight is 689 g/mol. The number of hydrogen-bond donors (Lipinski definition) is 0. The maximum atomic E-state index is 14.9. The number of thiophene rings is 1. The molecule has 9 heteroatoms. The summed E-state index contributed by atoms with van der Waals surface area (Å²) in [6, 6.07) is 16.1. The van der Waals surface area contributed by atoms with Gasteiger partial charge in [0.05, 0.1) is 22.6 Å². The van der Waals surface area contributed by atoms with Gasteiger partial charge < -0.3 is 14.4 Å². The van der Waals surface area contributed by atoms with E-state index in [1.54, 1.807) is 16.1 Å². The molecule has 0 N–H and O–H groups in total. The van der Waals surface area contributed by atoms with Gasteiger partial charge in [-0.05, 0) is 115 Å². The van der Waals surface area contributed by atoms with Crippen molar-refractivity contribution in [2.45, 2.75) is 121 Å². The van der Waals surface area contributed by atoms with Crippen LogP contribution in [0.5, 0.6) is 0 Å². The summed E-state index contributed by atoms with van der Waals surface area (Å²) in [7, 11) is -4.04. The number of ether oxygens (including phenoxy) is 2. The molecule has 0 saturated carbocycles. The maximum absolute atomic E-state index is 14.9. The van der Waals surface area contributed by atoms with Crippen LogP contribution < -0.4 is 0 Å². The summed E-state index contributed by atoms with van der Waals surface area (Å²) in [6.07, 6.45) is 7.00. The molecule has 2 unspecified atom stereocenters. The molecule has 0 aliphatic carbocycles. The summed E-state index contributed by atoms with van der Waals surface area (Å²) >= 11 is 1.44. The Morgan fingerprint density at radius 1 is 0.938 bits per heavy atom. The Hall–Kier alpha value is -2.98. The molecular weight excluding hydrogens is 641 g/mol. The van der Waals surface area contributed by atoms with Crippen molar-refractivity contribution in [1.29, 1.82) is 0 Å². The molecule has 4 aromatic rings. The molecule has 0 spiro atoms. The lowest BCUT2D eigenvalue weighted by Gasteiger charge is -2.32. The monoisotopic (exact) mass is 688 g/mol. The normalized spacial score (nSPS) is 22.1. The fraction of sp³-hybridized carbons (Fsp3) is 0.513.